The number of benzene rings is 2. The highest BCUT2D eigenvalue weighted by Crippen LogP contribution is 2.40. The number of hydrogen-bond donors (Lipinski definition) is 0. The topological polar surface area (TPSA) is 80.7 Å². The van der Waals surface area contributed by atoms with E-state index in [2.05, 4.69) is 0 Å². The summed E-state index contributed by atoms with van der Waals surface area (Å²) in [6, 6.07) is 12.5. The second kappa shape index (κ2) is 11.8. The number of hydrazone groups is 1. The molecule has 0 N–H and O–H groups in total. The number of ether oxygens (including phenoxy) is 3. The molecule has 1 atom stereocenters. The molecule has 0 saturated heterocycles. The Labute approximate surface area is 216 Å². The van der Waals surface area contributed by atoms with Gasteiger partial charge in [0.2, 0.25) is 5.91 Å². The molecule has 1 aliphatic heterocycles. The van der Waals surface area contributed by atoms with Crippen LogP contribution < -0.4 is 9.47 Å². The van der Waals surface area contributed by atoms with Gasteiger partial charge in [-0.15, -0.1) is 0 Å². The molecule has 2 amide bonds. The van der Waals surface area contributed by atoms with E-state index in [4.69, 9.17) is 30.9 Å². The van der Waals surface area contributed by atoms with Gasteiger partial charge < -0.3 is 19.1 Å². The Balaban J connectivity index is 1.68. The minimum atomic E-state index is -0.447. The van der Waals surface area contributed by atoms with Crippen molar-refractivity contribution in [1.29, 1.82) is 0 Å². The van der Waals surface area contributed by atoms with Gasteiger partial charge in [0.25, 0.3) is 5.91 Å². The third-order valence-corrected chi connectivity index (χ3v) is 7.13. The summed E-state index contributed by atoms with van der Waals surface area (Å²) in [5, 5.41) is 6.75. The summed E-state index contributed by atoms with van der Waals surface area (Å²) in [6.45, 7) is 0.618. The van der Waals surface area contributed by atoms with E-state index in [0.717, 1.165) is 30.4 Å². The number of amides is 2. The fraction of sp³-hybridized carbons (Fsp3) is 0.444. The summed E-state index contributed by atoms with van der Waals surface area (Å²) >= 11 is 6.48. The summed E-state index contributed by atoms with van der Waals surface area (Å²) in [5.74, 6) is 0.958. The maximum Gasteiger partial charge on any atom is 0.262 e. The maximum atomic E-state index is 13.7. The number of rotatable bonds is 10. The fourth-order valence-electron chi connectivity index (χ4n) is 4.56. The number of methoxy groups -OCH3 is 3. The van der Waals surface area contributed by atoms with E-state index in [1.807, 2.05) is 36.4 Å². The van der Waals surface area contributed by atoms with Crippen molar-refractivity contribution in [3.05, 3.63) is 58.6 Å². The summed E-state index contributed by atoms with van der Waals surface area (Å²) < 4.78 is 16.3. The van der Waals surface area contributed by atoms with Gasteiger partial charge in [-0.25, -0.2) is 5.01 Å². The lowest BCUT2D eigenvalue weighted by Gasteiger charge is -2.32. The lowest BCUT2D eigenvalue weighted by Crippen LogP contribution is -2.46. The van der Waals surface area contributed by atoms with Crippen molar-refractivity contribution >= 4 is 29.1 Å². The van der Waals surface area contributed by atoms with Crippen molar-refractivity contribution in [2.45, 2.75) is 31.7 Å². The van der Waals surface area contributed by atoms with Crippen molar-refractivity contribution < 1.29 is 23.8 Å². The third-order valence-electron chi connectivity index (χ3n) is 6.80. The van der Waals surface area contributed by atoms with Crippen LogP contribution in [0, 0.1) is 5.92 Å². The van der Waals surface area contributed by atoms with Crippen LogP contribution in [-0.4, -0.2) is 68.5 Å². The number of nitrogens with zero attached hydrogens (tertiary/aromatic N) is 3. The summed E-state index contributed by atoms with van der Waals surface area (Å²) in [4.78, 5) is 28.4. The Morgan fingerprint density at radius 1 is 1.11 bits per heavy atom. The van der Waals surface area contributed by atoms with Crippen LogP contribution in [0.2, 0.25) is 5.02 Å². The highest BCUT2D eigenvalue weighted by Gasteiger charge is 2.38. The molecular weight excluding hydrogens is 482 g/mol. The number of carbonyl (C=O) groups is 2. The molecule has 4 rings (SSSR count). The van der Waals surface area contributed by atoms with Crippen molar-refractivity contribution in [1.82, 2.24) is 9.91 Å². The molecule has 1 fully saturated rings. The molecule has 36 heavy (non-hydrogen) atoms. The zero-order valence-electron chi connectivity index (χ0n) is 20.9. The Kier molecular flexibility index (Phi) is 8.48. The van der Waals surface area contributed by atoms with Crippen LogP contribution in [0.4, 0.5) is 0 Å². The Morgan fingerprint density at radius 3 is 2.53 bits per heavy atom. The molecule has 2 aromatic carbocycles. The van der Waals surface area contributed by atoms with Gasteiger partial charge in [0.1, 0.15) is 18.0 Å². The minimum Gasteiger partial charge on any atom is -0.497 e. The molecule has 0 aromatic heterocycles. The molecule has 2 aromatic rings. The SMILES string of the molecule is COCCN(CC(=O)N1N=C(c2ccccc2Cl)C[C@H]1c1cc(OC)ccc1OC)C(=O)C1CCC1. The molecule has 0 spiro atoms. The molecule has 1 aliphatic carbocycles. The molecule has 2 aliphatic rings. The van der Waals surface area contributed by atoms with Gasteiger partial charge in [-0.3, -0.25) is 9.59 Å². The van der Waals surface area contributed by atoms with Gasteiger partial charge in [-0.1, -0.05) is 36.2 Å². The van der Waals surface area contributed by atoms with Gasteiger partial charge in [-0.05, 0) is 37.1 Å². The number of hydrogen-bond acceptors (Lipinski definition) is 6. The van der Waals surface area contributed by atoms with Crippen LogP contribution in [0.3, 0.4) is 0 Å². The zero-order valence-corrected chi connectivity index (χ0v) is 21.7. The second-order valence-corrected chi connectivity index (χ2v) is 9.38. The first-order chi connectivity index (χ1) is 17.5. The largest absolute Gasteiger partial charge is 0.497 e. The normalized spacial score (nSPS) is 17.4. The van der Waals surface area contributed by atoms with Gasteiger partial charge in [0.15, 0.2) is 0 Å². The fourth-order valence-corrected chi connectivity index (χ4v) is 4.80. The Morgan fingerprint density at radius 2 is 1.89 bits per heavy atom. The van der Waals surface area contributed by atoms with Crippen molar-refractivity contribution in [2.75, 3.05) is 41.0 Å². The van der Waals surface area contributed by atoms with E-state index in [1.54, 1.807) is 32.3 Å². The first-order valence-corrected chi connectivity index (χ1v) is 12.5. The predicted octanol–water partition coefficient (Wildman–Crippen LogP) is 4.31. The standard InChI is InChI=1S/C27H32ClN3O5/c1-34-14-13-30(27(33)18-7-6-8-18)17-26(32)31-24(21-15-19(35-2)11-12-25(21)36-3)16-23(29-31)20-9-4-5-10-22(20)28/h4-5,9-12,15,18,24H,6-8,13-14,16-17H2,1-3H3/t24-/m0/s1. The van der Waals surface area contributed by atoms with Gasteiger partial charge >= 0.3 is 0 Å². The lowest BCUT2D eigenvalue weighted by atomic mass is 9.84. The maximum absolute atomic E-state index is 13.7. The average Bonchev–Trinajstić information content (AvgIpc) is 3.30. The van der Waals surface area contributed by atoms with E-state index < -0.39 is 6.04 Å². The van der Waals surface area contributed by atoms with E-state index in [1.165, 1.54) is 5.01 Å². The van der Waals surface area contributed by atoms with E-state index in [9.17, 15) is 9.59 Å². The molecule has 192 valence electrons. The second-order valence-electron chi connectivity index (χ2n) is 8.97. The third kappa shape index (κ3) is 5.50. The van der Waals surface area contributed by atoms with Crippen molar-refractivity contribution in [2.24, 2.45) is 11.0 Å². The van der Waals surface area contributed by atoms with Crippen molar-refractivity contribution in [3.8, 4) is 11.5 Å². The number of carbonyl (C=O) groups excluding carboxylic acids is 2. The number of halogens is 1. The van der Waals surface area contributed by atoms with E-state index in [-0.39, 0.29) is 24.3 Å². The van der Waals surface area contributed by atoms with Crippen LogP contribution in [0.1, 0.15) is 42.9 Å². The summed E-state index contributed by atoms with van der Waals surface area (Å²) in [5.41, 5.74) is 2.23. The molecule has 9 heteroatoms. The van der Waals surface area contributed by atoms with Gasteiger partial charge in [0.05, 0.1) is 32.6 Å². The summed E-state index contributed by atoms with van der Waals surface area (Å²) in [6.07, 6.45) is 3.20. The van der Waals surface area contributed by atoms with Gasteiger partial charge in [0, 0.05) is 42.1 Å². The zero-order chi connectivity index (χ0) is 25.7. The molecule has 8 nitrogen and oxygen atoms in total. The highest BCUT2D eigenvalue weighted by molar-refractivity contribution is 6.34. The molecule has 1 heterocycles. The van der Waals surface area contributed by atoms with Crippen LogP contribution >= 0.6 is 11.6 Å². The molecule has 0 radical (unpaired) electrons. The quantitative estimate of drug-likeness (QED) is 0.473. The molecule has 0 bridgehead atoms. The predicted molar refractivity (Wildman–Crippen MR) is 138 cm³/mol. The first-order valence-electron chi connectivity index (χ1n) is 12.1. The summed E-state index contributed by atoms with van der Waals surface area (Å²) in [7, 11) is 4.76. The van der Waals surface area contributed by atoms with Crippen LogP contribution in [-0.2, 0) is 14.3 Å². The average molecular weight is 514 g/mol. The van der Waals surface area contributed by atoms with Crippen LogP contribution in [0.5, 0.6) is 11.5 Å². The van der Waals surface area contributed by atoms with Crippen molar-refractivity contribution in [3.63, 3.8) is 0 Å². The van der Waals surface area contributed by atoms with Crippen LogP contribution in [0.25, 0.3) is 0 Å². The van der Waals surface area contributed by atoms with Crippen LogP contribution in [0.15, 0.2) is 47.6 Å². The Hall–Kier alpha value is -3.10. The lowest BCUT2D eigenvalue weighted by molar-refractivity contribution is -0.146. The molecular formula is C27H32ClN3O5. The smallest absolute Gasteiger partial charge is 0.262 e. The first kappa shape index (κ1) is 26.0. The molecule has 1 saturated carbocycles. The Bertz CT molecular complexity index is 1130. The van der Waals surface area contributed by atoms with E-state index in [0.29, 0.717) is 41.8 Å². The highest BCUT2D eigenvalue weighted by atomic mass is 35.5. The molecule has 0 unspecified atom stereocenters. The van der Waals surface area contributed by atoms with Gasteiger partial charge in [-0.2, -0.15) is 5.10 Å². The van der Waals surface area contributed by atoms with E-state index >= 15 is 0 Å². The monoisotopic (exact) mass is 513 g/mol. The minimum absolute atomic E-state index is 0.00309.